The number of nitrogens with zero attached hydrogens (tertiary/aromatic N) is 2. The second-order valence-electron chi connectivity index (χ2n) is 3.52. The summed E-state index contributed by atoms with van der Waals surface area (Å²) in [5.74, 6) is 4.19. The van der Waals surface area contributed by atoms with Gasteiger partial charge in [-0.2, -0.15) is 23.5 Å². The third kappa shape index (κ3) is 3.15. The van der Waals surface area contributed by atoms with Crippen LogP contribution in [0, 0.1) is 6.92 Å². The van der Waals surface area contributed by atoms with Crippen LogP contribution >= 0.6 is 23.5 Å². The molecule has 2 N–H and O–H groups in total. The molecule has 5 nitrogen and oxygen atoms in total. The van der Waals surface area contributed by atoms with Crippen LogP contribution in [0.15, 0.2) is 0 Å². The molecule has 0 saturated carbocycles. The van der Waals surface area contributed by atoms with Crippen LogP contribution in [-0.2, 0) is 0 Å². The summed E-state index contributed by atoms with van der Waals surface area (Å²) in [5, 5.41) is 9.86. The number of aryl methyl sites for hydroxylation is 1. The van der Waals surface area contributed by atoms with E-state index in [0.29, 0.717) is 17.6 Å². The van der Waals surface area contributed by atoms with Gasteiger partial charge >= 0.3 is 0 Å². The molecule has 0 bridgehead atoms. The molecule has 1 aliphatic rings. The van der Waals surface area contributed by atoms with Crippen LogP contribution in [0.2, 0.25) is 0 Å². The van der Waals surface area contributed by atoms with Crippen LogP contribution in [0.5, 0.6) is 0 Å². The van der Waals surface area contributed by atoms with E-state index in [-0.39, 0.29) is 11.7 Å². The molecule has 0 radical (unpaired) electrons. The maximum Gasteiger partial charge on any atom is 0.290 e. The van der Waals surface area contributed by atoms with Crippen LogP contribution in [0.3, 0.4) is 0 Å². The van der Waals surface area contributed by atoms with Gasteiger partial charge in [-0.25, -0.2) is 4.98 Å². The predicted molar refractivity (Wildman–Crippen MR) is 67.0 cm³/mol. The summed E-state index contributed by atoms with van der Waals surface area (Å²) >= 11 is 3.87. The minimum atomic E-state index is -0.194. The molecule has 1 fully saturated rings. The van der Waals surface area contributed by atoms with E-state index in [1.807, 2.05) is 23.5 Å². The Hall–Kier alpha value is -0.690. The van der Waals surface area contributed by atoms with E-state index in [1.165, 1.54) is 11.5 Å². The molecule has 2 rings (SSSR count). The number of thioether (sulfide) groups is 2. The highest BCUT2D eigenvalue weighted by Gasteiger charge is 2.17. The molecule has 1 amide bonds. The van der Waals surface area contributed by atoms with Crippen LogP contribution in [0.1, 0.15) is 16.4 Å². The summed E-state index contributed by atoms with van der Waals surface area (Å²) in [6, 6.07) is 0. The van der Waals surface area contributed by atoms with Gasteiger partial charge in [0.25, 0.3) is 5.91 Å². The standard InChI is InChI=1S/C9H14N4OS2/c1-6-11-8(13-12-6)9(14)10-4-7-5-15-2-3-16-7/h7H,2-5H2,1H3,(H,10,14)(H,11,12,13). The van der Waals surface area contributed by atoms with Crippen LogP contribution in [0.4, 0.5) is 0 Å². The molecule has 88 valence electrons. The summed E-state index contributed by atoms with van der Waals surface area (Å²) in [6.07, 6.45) is 0. The summed E-state index contributed by atoms with van der Waals surface area (Å²) < 4.78 is 0. The smallest absolute Gasteiger partial charge is 0.290 e. The number of aromatic amines is 1. The Bertz CT molecular complexity index is 362. The molecular formula is C9H14N4OS2. The quantitative estimate of drug-likeness (QED) is 0.835. The van der Waals surface area contributed by atoms with E-state index < -0.39 is 0 Å². The van der Waals surface area contributed by atoms with Gasteiger partial charge in [-0.05, 0) is 6.92 Å². The Kier molecular flexibility index (Phi) is 4.11. The number of hydrogen-bond donors (Lipinski definition) is 2. The highest BCUT2D eigenvalue weighted by Crippen LogP contribution is 2.23. The number of carbonyl (C=O) groups is 1. The number of nitrogens with one attached hydrogen (secondary N) is 2. The highest BCUT2D eigenvalue weighted by atomic mass is 32.2. The molecule has 7 heteroatoms. The number of aromatic nitrogens is 3. The van der Waals surface area contributed by atoms with Crippen LogP contribution in [-0.4, -0.2) is 50.1 Å². The van der Waals surface area contributed by atoms with Gasteiger partial charge < -0.3 is 5.32 Å². The average molecular weight is 258 g/mol. The first kappa shape index (κ1) is 11.8. The van der Waals surface area contributed by atoms with Crippen molar-refractivity contribution in [3.63, 3.8) is 0 Å². The molecule has 0 aromatic carbocycles. The minimum Gasteiger partial charge on any atom is -0.348 e. The second kappa shape index (κ2) is 5.58. The van der Waals surface area contributed by atoms with Crippen molar-refractivity contribution in [3.05, 3.63) is 11.6 Å². The molecule has 16 heavy (non-hydrogen) atoms. The fourth-order valence-electron chi connectivity index (χ4n) is 1.38. The van der Waals surface area contributed by atoms with Crippen molar-refractivity contribution in [2.45, 2.75) is 12.2 Å². The number of H-pyrrole nitrogens is 1. The fraction of sp³-hybridized carbons (Fsp3) is 0.667. The molecule has 1 atom stereocenters. The first-order valence-corrected chi connectivity index (χ1v) is 7.32. The predicted octanol–water partition coefficient (Wildman–Crippen LogP) is 0.692. The largest absolute Gasteiger partial charge is 0.348 e. The van der Waals surface area contributed by atoms with Crippen molar-refractivity contribution >= 4 is 29.4 Å². The third-order valence-electron chi connectivity index (χ3n) is 2.18. The van der Waals surface area contributed by atoms with Gasteiger partial charge in [0.2, 0.25) is 5.82 Å². The number of hydrogen-bond acceptors (Lipinski definition) is 5. The normalized spacial score (nSPS) is 20.7. The number of rotatable bonds is 3. The minimum absolute atomic E-state index is 0.194. The number of carbonyl (C=O) groups excluding carboxylic acids is 1. The number of amides is 1. The van der Waals surface area contributed by atoms with Gasteiger partial charge in [-0.3, -0.25) is 9.89 Å². The van der Waals surface area contributed by atoms with E-state index in [9.17, 15) is 4.79 Å². The zero-order valence-electron chi connectivity index (χ0n) is 9.02. The van der Waals surface area contributed by atoms with Gasteiger partial charge in [0.15, 0.2) is 0 Å². The lowest BCUT2D eigenvalue weighted by Crippen LogP contribution is -2.34. The summed E-state index contributed by atoms with van der Waals surface area (Å²) in [6.45, 7) is 2.47. The van der Waals surface area contributed by atoms with Crippen LogP contribution in [0.25, 0.3) is 0 Å². The monoisotopic (exact) mass is 258 g/mol. The van der Waals surface area contributed by atoms with E-state index in [4.69, 9.17) is 0 Å². The summed E-state index contributed by atoms with van der Waals surface area (Å²) in [5.41, 5.74) is 0. The van der Waals surface area contributed by atoms with Crippen LogP contribution < -0.4 is 5.32 Å². The molecule has 0 spiro atoms. The molecule has 1 aliphatic heterocycles. The lowest BCUT2D eigenvalue weighted by molar-refractivity contribution is 0.0944. The van der Waals surface area contributed by atoms with Crippen molar-refractivity contribution in [1.29, 1.82) is 0 Å². The van der Waals surface area contributed by atoms with Gasteiger partial charge in [-0.1, -0.05) is 0 Å². The third-order valence-corrected chi connectivity index (χ3v) is 5.02. The topological polar surface area (TPSA) is 70.7 Å². The molecule has 0 aliphatic carbocycles. The zero-order chi connectivity index (χ0) is 11.4. The fourth-order valence-corrected chi connectivity index (χ4v) is 4.00. The van der Waals surface area contributed by atoms with Crippen molar-refractivity contribution < 1.29 is 4.79 Å². The maximum absolute atomic E-state index is 11.6. The van der Waals surface area contributed by atoms with Crippen molar-refractivity contribution in [2.75, 3.05) is 23.8 Å². The van der Waals surface area contributed by atoms with E-state index in [2.05, 4.69) is 20.5 Å². The molecule has 1 aromatic rings. The highest BCUT2D eigenvalue weighted by molar-refractivity contribution is 8.06. The molecule has 1 saturated heterocycles. The van der Waals surface area contributed by atoms with Gasteiger partial charge in [0, 0.05) is 29.1 Å². The average Bonchev–Trinajstić information content (AvgIpc) is 2.74. The Balaban J connectivity index is 1.79. The Morgan fingerprint density at radius 3 is 3.12 bits per heavy atom. The molecular weight excluding hydrogens is 244 g/mol. The van der Waals surface area contributed by atoms with Crippen molar-refractivity contribution in [1.82, 2.24) is 20.5 Å². The SMILES string of the molecule is Cc1nc(C(=O)NCC2CSCCS2)n[nH]1. The van der Waals surface area contributed by atoms with Gasteiger partial charge in [-0.15, -0.1) is 5.10 Å². The molecule has 1 aromatic heterocycles. The summed E-state index contributed by atoms with van der Waals surface area (Å²) in [4.78, 5) is 15.6. The Morgan fingerprint density at radius 2 is 2.50 bits per heavy atom. The first-order chi connectivity index (χ1) is 7.75. The maximum atomic E-state index is 11.6. The van der Waals surface area contributed by atoms with E-state index >= 15 is 0 Å². The van der Waals surface area contributed by atoms with Crippen molar-refractivity contribution in [3.8, 4) is 0 Å². The lowest BCUT2D eigenvalue weighted by atomic mass is 10.4. The zero-order valence-corrected chi connectivity index (χ0v) is 10.7. The van der Waals surface area contributed by atoms with Gasteiger partial charge in [0.05, 0.1) is 0 Å². The van der Waals surface area contributed by atoms with Crippen molar-refractivity contribution in [2.24, 2.45) is 0 Å². The van der Waals surface area contributed by atoms with E-state index in [0.717, 1.165) is 5.75 Å². The van der Waals surface area contributed by atoms with Gasteiger partial charge in [0.1, 0.15) is 5.82 Å². The Labute approximate surface area is 103 Å². The molecule has 1 unspecified atom stereocenters. The molecule has 2 heterocycles. The summed E-state index contributed by atoms with van der Waals surface area (Å²) in [7, 11) is 0. The van der Waals surface area contributed by atoms with E-state index in [1.54, 1.807) is 6.92 Å². The first-order valence-electron chi connectivity index (χ1n) is 5.12. The lowest BCUT2D eigenvalue weighted by Gasteiger charge is -2.20. The second-order valence-corrected chi connectivity index (χ2v) is 6.08. The Morgan fingerprint density at radius 1 is 1.62 bits per heavy atom.